The Labute approximate surface area is 102 Å². The molecule has 0 radical (unpaired) electrons. The van der Waals surface area contributed by atoms with Crippen LogP contribution < -0.4 is 0 Å². The Morgan fingerprint density at radius 2 is 1.94 bits per heavy atom. The van der Waals surface area contributed by atoms with Gasteiger partial charge in [-0.2, -0.15) is 0 Å². The largest absolute Gasteiger partial charge is 0.506 e. The highest BCUT2D eigenvalue weighted by atomic mass is 35.5. The smallest absolute Gasteiger partial charge is 0.138 e. The monoisotopic (exact) mass is 239 g/mol. The molecule has 1 heterocycles. The number of para-hydroxylation sites is 1. The molecule has 2 rings (SSSR count). The Balaban J connectivity index is 2.08. The summed E-state index contributed by atoms with van der Waals surface area (Å²) in [5.74, 6) is 1.71. The molecule has 0 aliphatic carbocycles. The Morgan fingerprint density at radius 1 is 1.31 bits per heavy atom. The molecule has 0 spiro atoms. The molecule has 1 aliphatic heterocycles. The number of rotatable bonds is 2. The van der Waals surface area contributed by atoms with Gasteiger partial charge in [-0.1, -0.05) is 37.6 Å². The summed E-state index contributed by atoms with van der Waals surface area (Å²) in [5, 5.41) is 10.3. The van der Waals surface area contributed by atoms with Gasteiger partial charge in [0.2, 0.25) is 0 Å². The van der Waals surface area contributed by atoms with Gasteiger partial charge < -0.3 is 5.11 Å². The van der Waals surface area contributed by atoms with E-state index in [1.807, 2.05) is 12.1 Å². The third-order valence-corrected chi connectivity index (χ3v) is 3.83. The summed E-state index contributed by atoms with van der Waals surface area (Å²) in [6.45, 7) is 7.56. The van der Waals surface area contributed by atoms with Gasteiger partial charge in [0.05, 0.1) is 5.02 Å². The van der Waals surface area contributed by atoms with Gasteiger partial charge in [0, 0.05) is 25.2 Å². The average Bonchev–Trinajstić information content (AvgIpc) is 2.54. The van der Waals surface area contributed by atoms with Crippen LogP contribution in [0.4, 0.5) is 0 Å². The van der Waals surface area contributed by atoms with E-state index in [2.05, 4.69) is 18.7 Å². The van der Waals surface area contributed by atoms with Gasteiger partial charge in [-0.25, -0.2) is 0 Å². The number of aromatic hydroxyl groups is 1. The summed E-state index contributed by atoms with van der Waals surface area (Å²) in [6.07, 6.45) is 0. The van der Waals surface area contributed by atoms with E-state index in [1.165, 1.54) is 0 Å². The zero-order valence-electron chi connectivity index (χ0n) is 9.78. The van der Waals surface area contributed by atoms with Crippen molar-refractivity contribution in [3.8, 4) is 5.75 Å². The lowest BCUT2D eigenvalue weighted by atomic mass is 10.0. The van der Waals surface area contributed by atoms with Crippen LogP contribution in [0.5, 0.6) is 5.75 Å². The van der Waals surface area contributed by atoms with Crippen molar-refractivity contribution in [3.05, 3.63) is 28.8 Å². The lowest BCUT2D eigenvalue weighted by Gasteiger charge is -2.16. The second-order valence-electron chi connectivity index (χ2n) is 4.90. The maximum Gasteiger partial charge on any atom is 0.138 e. The first-order valence-corrected chi connectivity index (χ1v) is 6.14. The fraction of sp³-hybridized carbons (Fsp3) is 0.538. The molecule has 0 bridgehead atoms. The number of likely N-dealkylation sites (tertiary alicyclic amines) is 1. The number of benzene rings is 1. The second kappa shape index (κ2) is 4.64. The number of phenols is 1. The van der Waals surface area contributed by atoms with Crippen LogP contribution in [0.1, 0.15) is 19.4 Å². The molecule has 1 aliphatic rings. The molecule has 1 aromatic rings. The van der Waals surface area contributed by atoms with Crippen LogP contribution in [0.25, 0.3) is 0 Å². The van der Waals surface area contributed by atoms with Crippen molar-refractivity contribution in [3.63, 3.8) is 0 Å². The molecule has 1 aromatic carbocycles. The molecule has 3 heteroatoms. The summed E-state index contributed by atoms with van der Waals surface area (Å²) in [6, 6.07) is 5.55. The van der Waals surface area contributed by atoms with Crippen molar-refractivity contribution in [2.75, 3.05) is 13.1 Å². The van der Waals surface area contributed by atoms with Crippen molar-refractivity contribution in [1.29, 1.82) is 0 Å². The van der Waals surface area contributed by atoms with Crippen molar-refractivity contribution < 1.29 is 5.11 Å². The topological polar surface area (TPSA) is 23.5 Å². The molecule has 1 saturated heterocycles. The molecule has 88 valence electrons. The first-order chi connectivity index (χ1) is 7.58. The fourth-order valence-electron chi connectivity index (χ4n) is 2.31. The van der Waals surface area contributed by atoms with Crippen LogP contribution in [0.15, 0.2) is 18.2 Å². The Bertz CT molecular complexity index is 370. The highest BCUT2D eigenvalue weighted by Crippen LogP contribution is 2.30. The Morgan fingerprint density at radius 3 is 2.56 bits per heavy atom. The molecule has 0 saturated carbocycles. The predicted molar refractivity (Wildman–Crippen MR) is 66.7 cm³/mol. The van der Waals surface area contributed by atoms with E-state index in [1.54, 1.807) is 6.07 Å². The lowest BCUT2D eigenvalue weighted by molar-refractivity contribution is 0.310. The summed E-state index contributed by atoms with van der Waals surface area (Å²) in [4.78, 5) is 2.38. The van der Waals surface area contributed by atoms with Crippen LogP contribution in [0.3, 0.4) is 0 Å². The third kappa shape index (κ3) is 2.33. The Hall–Kier alpha value is -0.730. The van der Waals surface area contributed by atoms with Gasteiger partial charge in [0.25, 0.3) is 0 Å². The molecule has 2 atom stereocenters. The van der Waals surface area contributed by atoms with E-state index in [0.717, 1.165) is 37.0 Å². The minimum Gasteiger partial charge on any atom is -0.506 e. The van der Waals surface area contributed by atoms with Gasteiger partial charge in [-0.3, -0.25) is 4.90 Å². The normalized spacial score (nSPS) is 26.2. The standard InChI is InChI=1S/C13H18ClNO/c1-9-6-15(7-10(9)2)8-11-4-3-5-12(14)13(11)16/h3-5,9-10,16H,6-8H2,1-2H3. The first-order valence-electron chi connectivity index (χ1n) is 5.76. The zero-order valence-corrected chi connectivity index (χ0v) is 10.5. The molecule has 1 N–H and O–H groups in total. The van der Waals surface area contributed by atoms with E-state index >= 15 is 0 Å². The summed E-state index contributed by atoms with van der Waals surface area (Å²) in [7, 11) is 0. The average molecular weight is 240 g/mol. The molecular weight excluding hydrogens is 222 g/mol. The summed E-state index contributed by atoms with van der Waals surface area (Å²) < 4.78 is 0. The van der Waals surface area contributed by atoms with Crippen LogP contribution in [0.2, 0.25) is 5.02 Å². The van der Waals surface area contributed by atoms with Crippen LogP contribution in [-0.4, -0.2) is 23.1 Å². The first kappa shape index (κ1) is 11.7. The number of hydrogen-bond donors (Lipinski definition) is 1. The van der Waals surface area contributed by atoms with Crippen molar-refractivity contribution in [2.45, 2.75) is 20.4 Å². The van der Waals surface area contributed by atoms with E-state index in [-0.39, 0.29) is 5.75 Å². The fourth-order valence-corrected chi connectivity index (χ4v) is 2.50. The maximum atomic E-state index is 9.83. The highest BCUT2D eigenvalue weighted by Gasteiger charge is 2.26. The molecule has 1 fully saturated rings. The molecule has 2 nitrogen and oxygen atoms in total. The van der Waals surface area contributed by atoms with Gasteiger partial charge >= 0.3 is 0 Å². The van der Waals surface area contributed by atoms with E-state index in [9.17, 15) is 5.11 Å². The second-order valence-corrected chi connectivity index (χ2v) is 5.30. The predicted octanol–water partition coefficient (Wildman–Crippen LogP) is 3.13. The molecular formula is C13H18ClNO. The maximum absolute atomic E-state index is 9.83. The van der Waals surface area contributed by atoms with Crippen LogP contribution >= 0.6 is 11.6 Å². The zero-order chi connectivity index (χ0) is 11.7. The van der Waals surface area contributed by atoms with E-state index < -0.39 is 0 Å². The number of halogens is 1. The van der Waals surface area contributed by atoms with Crippen molar-refractivity contribution >= 4 is 11.6 Å². The SMILES string of the molecule is CC1CN(Cc2cccc(Cl)c2O)CC1C. The highest BCUT2D eigenvalue weighted by molar-refractivity contribution is 6.32. The van der Waals surface area contributed by atoms with Crippen molar-refractivity contribution in [1.82, 2.24) is 4.90 Å². The van der Waals surface area contributed by atoms with Crippen molar-refractivity contribution in [2.24, 2.45) is 11.8 Å². The van der Waals surface area contributed by atoms with Gasteiger partial charge in [0.1, 0.15) is 5.75 Å². The van der Waals surface area contributed by atoms with Crippen LogP contribution in [0, 0.1) is 11.8 Å². The minimum atomic E-state index is 0.233. The number of nitrogens with zero attached hydrogens (tertiary/aromatic N) is 1. The quantitative estimate of drug-likeness (QED) is 0.857. The molecule has 16 heavy (non-hydrogen) atoms. The van der Waals surface area contributed by atoms with E-state index in [4.69, 9.17) is 11.6 Å². The molecule has 0 aromatic heterocycles. The molecule has 2 unspecified atom stereocenters. The number of hydrogen-bond acceptors (Lipinski definition) is 2. The molecule has 0 amide bonds. The summed E-state index contributed by atoms with van der Waals surface area (Å²) >= 11 is 5.89. The van der Waals surface area contributed by atoms with Gasteiger partial charge in [0.15, 0.2) is 0 Å². The van der Waals surface area contributed by atoms with Gasteiger partial charge in [-0.05, 0) is 17.9 Å². The van der Waals surface area contributed by atoms with Gasteiger partial charge in [-0.15, -0.1) is 0 Å². The lowest BCUT2D eigenvalue weighted by Crippen LogP contribution is -2.20. The summed E-state index contributed by atoms with van der Waals surface area (Å²) in [5.41, 5.74) is 0.925. The Kier molecular flexibility index (Phi) is 3.41. The van der Waals surface area contributed by atoms with E-state index in [0.29, 0.717) is 5.02 Å². The third-order valence-electron chi connectivity index (χ3n) is 3.53. The minimum absolute atomic E-state index is 0.233. The number of phenolic OH excluding ortho intramolecular Hbond substituents is 1. The van der Waals surface area contributed by atoms with Crippen LogP contribution in [-0.2, 0) is 6.54 Å².